The number of aliphatic hydroxyl groups excluding tert-OH is 2. The quantitative estimate of drug-likeness (QED) is 0.112. The first-order valence-corrected chi connectivity index (χ1v) is 13.4. The van der Waals surface area contributed by atoms with Crippen LogP contribution in [0.15, 0.2) is 12.2 Å². The van der Waals surface area contributed by atoms with E-state index in [9.17, 15) is 5.11 Å². The van der Waals surface area contributed by atoms with Crippen molar-refractivity contribution in [1.82, 2.24) is 0 Å². The molecule has 0 bridgehead atoms. The molecule has 4 heteroatoms. The van der Waals surface area contributed by atoms with Gasteiger partial charge in [0.05, 0.1) is 13.2 Å². The van der Waals surface area contributed by atoms with Crippen molar-refractivity contribution in [3.05, 3.63) is 12.2 Å². The fourth-order valence-electron chi connectivity index (χ4n) is 3.61. The van der Waals surface area contributed by atoms with E-state index in [-0.39, 0.29) is 6.61 Å². The van der Waals surface area contributed by atoms with Crippen molar-refractivity contribution in [2.45, 2.75) is 129 Å². The smallest absolute Gasteiger partial charge is 0.101 e. The molecule has 186 valence electrons. The molecule has 1 atom stereocenters. The fourth-order valence-corrected chi connectivity index (χ4v) is 3.61. The summed E-state index contributed by atoms with van der Waals surface area (Å²) in [6.45, 7) is 4.68. The van der Waals surface area contributed by atoms with E-state index < -0.39 is 6.10 Å². The standard InChI is InChI=1S/C27H54O4/c1-2-3-4-5-6-7-8-9-10-11-12-13-14-15-17-20-23-30-25-27(29)26-31-24-21-18-16-19-22-28/h9-10,27-29H,2-8,11-26H2,1H3/b10-9-. The third-order valence-electron chi connectivity index (χ3n) is 5.62. The van der Waals surface area contributed by atoms with Crippen molar-refractivity contribution in [3.8, 4) is 0 Å². The molecule has 0 aromatic heterocycles. The first-order chi connectivity index (χ1) is 15.3. The third kappa shape index (κ3) is 27.5. The molecule has 4 nitrogen and oxygen atoms in total. The van der Waals surface area contributed by atoms with Crippen LogP contribution in [-0.4, -0.2) is 49.4 Å². The lowest BCUT2D eigenvalue weighted by molar-refractivity contribution is -0.0201. The molecule has 2 N–H and O–H groups in total. The predicted molar refractivity (Wildman–Crippen MR) is 133 cm³/mol. The Kier molecular flexibility index (Phi) is 27.2. The highest BCUT2D eigenvalue weighted by atomic mass is 16.5. The van der Waals surface area contributed by atoms with E-state index in [2.05, 4.69) is 19.1 Å². The lowest BCUT2D eigenvalue weighted by Gasteiger charge is -2.12. The molecular weight excluding hydrogens is 388 g/mol. The molecule has 0 heterocycles. The van der Waals surface area contributed by atoms with Gasteiger partial charge in [-0.1, -0.05) is 89.7 Å². The maximum atomic E-state index is 9.84. The molecule has 1 unspecified atom stereocenters. The largest absolute Gasteiger partial charge is 0.396 e. The average molecular weight is 443 g/mol. The zero-order valence-corrected chi connectivity index (χ0v) is 20.7. The second-order valence-electron chi connectivity index (χ2n) is 8.88. The molecule has 0 aliphatic rings. The van der Waals surface area contributed by atoms with E-state index in [0.29, 0.717) is 19.8 Å². The van der Waals surface area contributed by atoms with Gasteiger partial charge >= 0.3 is 0 Å². The molecule has 0 aliphatic heterocycles. The Morgan fingerprint density at radius 1 is 0.581 bits per heavy atom. The highest BCUT2D eigenvalue weighted by Gasteiger charge is 2.04. The van der Waals surface area contributed by atoms with E-state index in [1.165, 1.54) is 83.5 Å². The van der Waals surface area contributed by atoms with Crippen molar-refractivity contribution in [2.75, 3.05) is 33.0 Å². The minimum Gasteiger partial charge on any atom is -0.396 e. The normalized spacial score (nSPS) is 12.7. The van der Waals surface area contributed by atoms with Crippen LogP contribution in [0.2, 0.25) is 0 Å². The summed E-state index contributed by atoms with van der Waals surface area (Å²) < 4.78 is 11.0. The van der Waals surface area contributed by atoms with E-state index in [4.69, 9.17) is 14.6 Å². The van der Waals surface area contributed by atoms with Crippen LogP contribution in [-0.2, 0) is 9.47 Å². The number of rotatable bonds is 26. The molecule has 0 saturated heterocycles. The Morgan fingerprint density at radius 2 is 1.00 bits per heavy atom. The van der Waals surface area contributed by atoms with Gasteiger partial charge in [-0.3, -0.25) is 0 Å². The maximum absolute atomic E-state index is 9.84. The topological polar surface area (TPSA) is 58.9 Å². The Labute approximate surface area is 193 Å². The minimum absolute atomic E-state index is 0.272. The molecule has 31 heavy (non-hydrogen) atoms. The van der Waals surface area contributed by atoms with E-state index in [1.54, 1.807) is 0 Å². The molecule has 0 aliphatic carbocycles. The van der Waals surface area contributed by atoms with Gasteiger partial charge in [0, 0.05) is 19.8 Å². The maximum Gasteiger partial charge on any atom is 0.101 e. The van der Waals surface area contributed by atoms with Crippen LogP contribution >= 0.6 is 0 Å². The summed E-state index contributed by atoms with van der Waals surface area (Å²) in [7, 11) is 0. The number of hydrogen-bond acceptors (Lipinski definition) is 4. The van der Waals surface area contributed by atoms with Crippen molar-refractivity contribution in [1.29, 1.82) is 0 Å². The van der Waals surface area contributed by atoms with Gasteiger partial charge in [-0.05, 0) is 44.9 Å². The summed E-state index contributed by atoms with van der Waals surface area (Å²) in [5, 5.41) is 18.5. The Hall–Kier alpha value is -0.420. The van der Waals surface area contributed by atoms with Gasteiger partial charge in [0.15, 0.2) is 0 Å². The van der Waals surface area contributed by atoms with Crippen LogP contribution in [0.5, 0.6) is 0 Å². The molecule has 0 aromatic rings. The minimum atomic E-state index is -0.522. The summed E-state index contributed by atoms with van der Waals surface area (Å²) >= 11 is 0. The zero-order chi connectivity index (χ0) is 22.7. The van der Waals surface area contributed by atoms with E-state index in [1.807, 2.05) is 0 Å². The van der Waals surface area contributed by atoms with Gasteiger partial charge in [0.1, 0.15) is 6.10 Å². The van der Waals surface area contributed by atoms with Crippen molar-refractivity contribution < 1.29 is 19.7 Å². The summed E-state index contributed by atoms with van der Waals surface area (Å²) in [5.74, 6) is 0. The van der Waals surface area contributed by atoms with Gasteiger partial charge in [0.2, 0.25) is 0 Å². The van der Waals surface area contributed by atoms with Crippen LogP contribution in [0.25, 0.3) is 0 Å². The number of ether oxygens (including phenoxy) is 2. The Bertz CT molecular complexity index is 346. The van der Waals surface area contributed by atoms with Crippen LogP contribution in [0.3, 0.4) is 0 Å². The number of hydrogen-bond donors (Lipinski definition) is 2. The summed E-state index contributed by atoms with van der Waals surface area (Å²) in [4.78, 5) is 0. The van der Waals surface area contributed by atoms with Crippen molar-refractivity contribution >= 4 is 0 Å². The summed E-state index contributed by atoms with van der Waals surface area (Å²) in [6.07, 6.45) is 26.6. The van der Waals surface area contributed by atoms with Gasteiger partial charge < -0.3 is 19.7 Å². The average Bonchev–Trinajstić information content (AvgIpc) is 2.77. The molecule has 0 saturated carbocycles. The van der Waals surface area contributed by atoms with Crippen molar-refractivity contribution in [3.63, 3.8) is 0 Å². The first-order valence-electron chi connectivity index (χ1n) is 13.4. The Balaban J connectivity index is 3.16. The third-order valence-corrected chi connectivity index (χ3v) is 5.62. The van der Waals surface area contributed by atoms with E-state index in [0.717, 1.165) is 38.7 Å². The molecule has 0 spiro atoms. The fraction of sp³-hybridized carbons (Fsp3) is 0.926. The van der Waals surface area contributed by atoms with Crippen LogP contribution < -0.4 is 0 Å². The lowest BCUT2D eigenvalue weighted by Crippen LogP contribution is -2.22. The van der Waals surface area contributed by atoms with Gasteiger partial charge in [-0.15, -0.1) is 0 Å². The van der Waals surface area contributed by atoms with Gasteiger partial charge in [-0.2, -0.15) is 0 Å². The molecule has 0 aromatic carbocycles. The lowest BCUT2D eigenvalue weighted by atomic mass is 10.1. The molecule has 0 amide bonds. The first kappa shape index (κ1) is 30.6. The predicted octanol–water partition coefficient (Wildman–Crippen LogP) is 6.97. The van der Waals surface area contributed by atoms with Crippen molar-refractivity contribution in [2.24, 2.45) is 0 Å². The van der Waals surface area contributed by atoms with Gasteiger partial charge in [0.25, 0.3) is 0 Å². The molecule has 0 fully saturated rings. The van der Waals surface area contributed by atoms with E-state index >= 15 is 0 Å². The summed E-state index contributed by atoms with van der Waals surface area (Å²) in [5.41, 5.74) is 0. The number of aliphatic hydroxyl groups is 2. The molecule has 0 radical (unpaired) electrons. The SMILES string of the molecule is CCCCCCCC/C=C\CCCCCCCCOCC(O)COCCCCCCO. The summed E-state index contributed by atoms with van der Waals surface area (Å²) in [6, 6.07) is 0. The van der Waals surface area contributed by atoms with Crippen LogP contribution in [0.1, 0.15) is 122 Å². The monoisotopic (exact) mass is 442 g/mol. The van der Waals surface area contributed by atoms with Crippen LogP contribution in [0.4, 0.5) is 0 Å². The van der Waals surface area contributed by atoms with Gasteiger partial charge in [-0.25, -0.2) is 0 Å². The second-order valence-corrected chi connectivity index (χ2v) is 8.88. The second kappa shape index (κ2) is 27.6. The zero-order valence-electron chi connectivity index (χ0n) is 20.7. The highest BCUT2D eigenvalue weighted by Crippen LogP contribution is 2.10. The molecule has 0 rings (SSSR count). The number of unbranched alkanes of at least 4 members (excludes halogenated alkanes) is 15. The highest BCUT2D eigenvalue weighted by molar-refractivity contribution is 4.81. The van der Waals surface area contributed by atoms with Crippen LogP contribution in [0, 0.1) is 0 Å². The number of allylic oxidation sites excluding steroid dienone is 2. The Morgan fingerprint density at radius 3 is 1.48 bits per heavy atom. The molecular formula is C27H54O4.